The monoisotopic (exact) mass is 167 g/mol. The van der Waals surface area contributed by atoms with Crippen molar-refractivity contribution in [1.29, 1.82) is 5.41 Å². The van der Waals surface area contributed by atoms with Crippen LogP contribution in [-0.2, 0) is 9.35 Å². The van der Waals surface area contributed by atoms with Gasteiger partial charge in [0.05, 0.1) is 0 Å². The molecule has 0 rings (SSSR count). The van der Waals surface area contributed by atoms with E-state index in [1.165, 1.54) is 0 Å². The highest BCUT2D eigenvalue weighted by atomic mass is 32.3. The Hall–Kier alpha value is -0.950. The lowest BCUT2D eigenvalue weighted by Gasteiger charge is -2.31. The van der Waals surface area contributed by atoms with Gasteiger partial charge in [-0.1, -0.05) is 9.35 Å². The number of hydrogen-bond donors (Lipinski definition) is 4. The first-order valence-corrected chi connectivity index (χ1v) is 4.53. The molecule has 0 atom stereocenters. The van der Waals surface area contributed by atoms with Crippen molar-refractivity contribution in [1.82, 2.24) is 0 Å². The van der Waals surface area contributed by atoms with Crippen LogP contribution in [0.3, 0.4) is 0 Å². The zero-order chi connectivity index (χ0) is 8.60. The van der Waals surface area contributed by atoms with E-state index in [0.717, 1.165) is 0 Å². The van der Waals surface area contributed by atoms with Gasteiger partial charge in [0.2, 0.25) is 5.17 Å². The topological polar surface area (TPSA) is 130 Å². The molecule has 0 saturated carbocycles. The van der Waals surface area contributed by atoms with E-state index < -0.39 is 19.8 Å². The molecule has 0 fully saturated rings. The summed E-state index contributed by atoms with van der Waals surface area (Å²) in [6.07, 6.45) is 0.641. The molecule has 0 heterocycles. The van der Waals surface area contributed by atoms with Gasteiger partial charge in [0.25, 0.3) is 0 Å². The van der Waals surface area contributed by atoms with Gasteiger partial charge in [0.15, 0.2) is 0 Å². The molecule has 0 bridgehead atoms. The van der Waals surface area contributed by atoms with Crippen molar-refractivity contribution in [2.75, 3.05) is 6.26 Å². The quantitative estimate of drug-likeness (QED) is 0.269. The summed E-state index contributed by atoms with van der Waals surface area (Å²) in [7, 11) is -4.83. The summed E-state index contributed by atoms with van der Waals surface area (Å²) in [5, 5.41) is 4.00. The maximum Gasteiger partial charge on any atom is 0.333 e. The molecule has 0 aromatic carbocycles. The minimum Gasteiger partial charge on any atom is -0.371 e. The zero-order valence-corrected chi connectivity index (χ0v) is 6.14. The molecule has 0 aliphatic heterocycles. The molecule has 10 heavy (non-hydrogen) atoms. The van der Waals surface area contributed by atoms with Crippen LogP contribution in [0.1, 0.15) is 0 Å². The first-order valence-electron chi connectivity index (χ1n) is 2.20. The zero-order valence-electron chi connectivity index (χ0n) is 5.33. The lowest BCUT2D eigenvalue weighted by Crippen LogP contribution is -2.53. The highest BCUT2D eigenvalue weighted by molar-refractivity contribution is 8.38. The van der Waals surface area contributed by atoms with Crippen LogP contribution in [0.5, 0.6) is 0 Å². The van der Waals surface area contributed by atoms with Crippen molar-refractivity contribution in [3.05, 3.63) is 0 Å². The minimum atomic E-state index is -4.83. The van der Waals surface area contributed by atoms with Crippen LogP contribution in [0.15, 0.2) is 0 Å². The molecular weight excluding hydrogens is 158 g/mol. The SMILES string of the molecule is CS(=O)(O)(C(=N)N)C(N)=O. The third kappa shape index (κ3) is 1.14. The van der Waals surface area contributed by atoms with E-state index in [-0.39, 0.29) is 0 Å². The van der Waals surface area contributed by atoms with Crippen LogP contribution in [-0.4, -0.2) is 25.4 Å². The van der Waals surface area contributed by atoms with Crippen molar-refractivity contribution in [3.63, 3.8) is 0 Å². The Labute approximate surface area is 57.3 Å². The lowest BCUT2D eigenvalue weighted by atomic mass is 11.4. The number of nitrogens with two attached hydrogens (primary N) is 2. The molecule has 60 valence electrons. The van der Waals surface area contributed by atoms with Gasteiger partial charge in [0.1, 0.15) is 0 Å². The molecule has 0 aliphatic rings. The molecule has 0 aliphatic carbocycles. The minimum absolute atomic E-state index is 0.641. The van der Waals surface area contributed by atoms with E-state index in [1.54, 1.807) is 0 Å². The average molecular weight is 167 g/mol. The average Bonchev–Trinajstić information content (AvgIpc) is 1.63. The van der Waals surface area contributed by atoms with E-state index in [9.17, 15) is 9.00 Å². The molecule has 0 aromatic heterocycles. The summed E-state index contributed by atoms with van der Waals surface area (Å²) in [5.41, 5.74) is 9.20. The standard InChI is InChI=1S/C3H9N3O3S/c1-10(8,9,2(4)5)3(6)7/h1H3,(H3,4,5)(H2,6,7)(H,8,9). The predicted molar refractivity (Wildman–Crippen MR) is 38.2 cm³/mol. The molecule has 0 spiro atoms. The van der Waals surface area contributed by atoms with Crippen molar-refractivity contribution in [2.24, 2.45) is 11.5 Å². The largest absolute Gasteiger partial charge is 0.371 e. The molecule has 0 unspecified atom stereocenters. The Morgan fingerprint density at radius 3 is 1.90 bits per heavy atom. The second kappa shape index (κ2) is 1.77. The number of amidine groups is 1. The molecule has 6 nitrogen and oxygen atoms in total. The van der Waals surface area contributed by atoms with Gasteiger partial charge in [-0.05, 0) is 0 Å². The summed E-state index contributed by atoms with van der Waals surface area (Å²) in [4.78, 5) is 10.3. The van der Waals surface area contributed by atoms with Gasteiger partial charge in [-0.3, -0.25) is 14.8 Å². The third-order valence-electron chi connectivity index (χ3n) is 0.992. The van der Waals surface area contributed by atoms with Crippen LogP contribution < -0.4 is 11.5 Å². The second-order valence-electron chi connectivity index (χ2n) is 1.97. The van der Waals surface area contributed by atoms with Gasteiger partial charge in [0, 0.05) is 6.26 Å². The molecule has 0 radical (unpaired) electrons. The summed E-state index contributed by atoms with van der Waals surface area (Å²) in [6.45, 7) is 0. The Bertz CT molecular complexity index is 232. The van der Waals surface area contributed by atoms with Gasteiger partial charge >= 0.3 is 5.24 Å². The van der Waals surface area contributed by atoms with Crippen LogP contribution in [0.4, 0.5) is 4.79 Å². The van der Waals surface area contributed by atoms with Gasteiger partial charge in [-0.2, -0.15) is 4.21 Å². The van der Waals surface area contributed by atoms with E-state index in [4.69, 9.17) is 9.96 Å². The Morgan fingerprint density at radius 2 is 1.90 bits per heavy atom. The molecule has 7 heteroatoms. The van der Waals surface area contributed by atoms with Crippen molar-refractivity contribution in [3.8, 4) is 0 Å². The fourth-order valence-electron chi connectivity index (χ4n) is 0.108. The second-order valence-corrected chi connectivity index (χ2v) is 5.38. The first-order chi connectivity index (χ1) is 4.17. The number of primary amides is 1. The van der Waals surface area contributed by atoms with Gasteiger partial charge < -0.3 is 11.5 Å². The van der Waals surface area contributed by atoms with Crippen LogP contribution in [0, 0.1) is 5.41 Å². The molecule has 0 saturated heterocycles. The molecular formula is C3H9N3O3S. The van der Waals surface area contributed by atoms with Crippen LogP contribution in [0.25, 0.3) is 0 Å². The van der Waals surface area contributed by atoms with Crippen molar-refractivity contribution in [2.45, 2.75) is 0 Å². The number of carbonyl (C=O) groups is 1. The van der Waals surface area contributed by atoms with Crippen molar-refractivity contribution < 1.29 is 13.6 Å². The third-order valence-corrected chi connectivity index (χ3v) is 2.98. The van der Waals surface area contributed by atoms with Crippen LogP contribution in [0.2, 0.25) is 0 Å². The number of nitrogens with one attached hydrogen (secondary N) is 1. The van der Waals surface area contributed by atoms with E-state index in [2.05, 4.69) is 11.5 Å². The maximum atomic E-state index is 10.9. The number of carbonyl (C=O) groups excluding carboxylic acids is 1. The van der Waals surface area contributed by atoms with Gasteiger partial charge in [-0.25, -0.2) is 0 Å². The van der Waals surface area contributed by atoms with E-state index >= 15 is 0 Å². The summed E-state index contributed by atoms with van der Waals surface area (Å²) < 4.78 is 19.8. The maximum absolute atomic E-state index is 10.9. The predicted octanol–water partition coefficient (Wildman–Crippen LogP) is -1.12. The number of amides is 1. The lowest BCUT2D eigenvalue weighted by molar-refractivity contribution is 0.263. The van der Waals surface area contributed by atoms with Crippen molar-refractivity contribution >= 4 is 19.8 Å². The normalized spacial score (nSPS) is 15.2. The summed E-state index contributed by atoms with van der Waals surface area (Å²) in [6, 6.07) is 0. The fraction of sp³-hybridized carbons (Fsp3) is 0.333. The van der Waals surface area contributed by atoms with E-state index in [0.29, 0.717) is 6.26 Å². The van der Waals surface area contributed by atoms with Crippen LogP contribution >= 0.6 is 0 Å². The van der Waals surface area contributed by atoms with E-state index in [1.807, 2.05) is 0 Å². The first kappa shape index (κ1) is 9.05. The number of hydrogen-bond acceptors (Lipinski definition) is 3. The Morgan fingerprint density at radius 1 is 1.60 bits per heavy atom. The Balaban J connectivity index is 5.20. The Kier molecular flexibility index (Phi) is 1.60. The highest BCUT2D eigenvalue weighted by Crippen LogP contribution is 2.14. The summed E-state index contributed by atoms with van der Waals surface area (Å²) >= 11 is 0. The van der Waals surface area contributed by atoms with Gasteiger partial charge in [-0.15, -0.1) is 0 Å². The fourth-order valence-corrected chi connectivity index (χ4v) is 0.325. The smallest absolute Gasteiger partial charge is 0.333 e. The molecule has 0 aromatic rings. The molecule has 1 amide bonds. The highest BCUT2D eigenvalue weighted by Gasteiger charge is 2.32. The number of rotatable bonds is 0. The molecule has 6 N–H and O–H groups in total. The summed E-state index contributed by atoms with van der Waals surface area (Å²) in [5.74, 6) is 0.